The van der Waals surface area contributed by atoms with E-state index in [2.05, 4.69) is 5.10 Å². The lowest BCUT2D eigenvalue weighted by molar-refractivity contribution is 0.0776. The smallest absolute Gasteiger partial charge is 0.276 e. The van der Waals surface area contributed by atoms with Crippen molar-refractivity contribution in [2.75, 3.05) is 25.4 Å². The van der Waals surface area contributed by atoms with Crippen molar-refractivity contribution in [2.24, 2.45) is 13.0 Å². The van der Waals surface area contributed by atoms with Crippen LogP contribution in [0.2, 0.25) is 0 Å². The Balaban J connectivity index is 2.11. The lowest BCUT2D eigenvalue weighted by Crippen LogP contribution is -2.30. The van der Waals surface area contributed by atoms with Crippen molar-refractivity contribution >= 4 is 11.6 Å². The molecule has 1 aromatic rings. The monoisotopic (exact) mass is 224 g/mol. The summed E-state index contributed by atoms with van der Waals surface area (Å²) < 4.78 is 1.53. The molecule has 1 saturated heterocycles. The van der Waals surface area contributed by atoms with E-state index in [1.807, 2.05) is 0 Å². The molecule has 3 N–H and O–H groups in total. The summed E-state index contributed by atoms with van der Waals surface area (Å²) in [6.07, 6.45) is 2.46. The zero-order valence-corrected chi connectivity index (χ0v) is 9.26. The molecular formula is C10H16N4O2. The zero-order chi connectivity index (χ0) is 11.7. The molecular weight excluding hydrogens is 208 g/mol. The third-order valence-electron chi connectivity index (χ3n) is 2.89. The summed E-state index contributed by atoms with van der Waals surface area (Å²) in [5, 5.41) is 13.1. The van der Waals surface area contributed by atoms with Crippen molar-refractivity contribution < 1.29 is 9.90 Å². The molecule has 0 aromatic carbocycles. The van der Waals surface area contributed by atoms with Gasteiger partial charge in [-0.15, -0.1) is 0 Å². The Morgan fingerprint density at radius 3 is 3.00 bits per heavy atom. The number of amides is 1. The molecule has 0 spiro atoms. The third kappa shape index (κ3) is 1.88. The Bertz CT molecular complexity index is 402. The molecule has 16 heavy (non-hydrogen) atoms. The van der Waals surface area contributed by atoms with Gasteiger partial charge in [0.25, 0.3) is 5.91 Å². The zero-order valence-electron chi connectivity index (χ0n) is 9.26. The summed E-state index contributed by atoms with van der Waals surface area (Å²) in [7, 11) is 1.73. The van der Waals surface area contributed by atoms with Crippen LogP contribution in [0.1, 0.15) is 16.9 Å². The van der Waals surface area contributed by atoms with Crippen molar-refractivity contribution in [2.45, 2.75) is 6.42 Å². The summed E-state index contributed by atoms with van der Waals surface area (Å²) in [6.45, 7) is 1.38. The van der Waals surface area contributed by atoms with E-state index >= 15 is 0 Å². The maximum atomic E-state index is 12.0. The number of carbonyl (C=O) groups is 1. The number of nitrogens with two attached hydrogens (primary N) is 1. The number of anilines is 1. The van der Waals surface area contributed by atoms with Crippen molar-refractivity contribution in [3.05, 3.63) is 11.9 Å². The van der Waals surface area contributed by atoms with Crippen LogP contribution in [-0.2, 0) is 7.05 Å². The van der Waals surface area contributed by atoms with Gasteiger partial charge in [-0.05, 0) is 6.42 Å². The quantitative estimate of drug-likeness (QED) is 0.706. The molecule has 88 valence electrons. The first kappa shape index (κ1) is 10.9. The number of carbonyl (C=O) groups excluding carboxylic acids is 1. The van der Waals surface area contributed by atoms with Gasteiger partial charge in [0.05, 0.1) is 5.69 Å². The molecule has 1 aliphatic rings. The largest absolute Gasteiger partial charge is 0.396 e. The predicted octanol–water partition coefficient (Wildman–Crippen LogP) is -0.543. The van der Waals surface area contributed by atoms with E-state index in [1.165, 1.54) is 4.68 Å². The van der Waals surface area contributed by atoms with Gasteiger partial charge in [-0.3, -0.25) is 9.48 Å². The second-order valence-electron chi connectivity index (χ2n) is 4.20. The number of aliphatic hydroxyl groups is 1. The average Bonchev–Trinajstić information content (AvgIpc) is 2.84. The van der Waals surface area contributed by atoms with Gasteiger partial charge < -0.3 is 15.7 Å². The molecule has 0 aliphatic carbocycles. The van der Waals surface area contributed by atoms with Crippen LogP contribution in [0.25, 0.3) is 0 Å². The molecule has 1 aromatic heterocycles. The summed E-state index contributed by atoms with van der Waals surface area (Å²) in [4.78, 5) is 13.7. The lowest BCUT2D eigenvalue weighted by atomic mass is 10.1. The number of rotatable bonds is 2. The minimum Gasteiger partial charge on any atom is -0.396 e. The molecule has 2 heterocycles. The average molecular weight is 224 g/mol. The van der Waals surface area contributed by atoms with Crippen LogP contribution in [-0.4, -0.2) is 45.4 Å². The second-order valence-corrected chi connectivity index (χ2v) is 4.20. The van der Waals surface area contributed by atoms with E-state index < -0.39 is 0 Å². The van der Waals surface area contributed by atoms with E-state index in [0.29, 0.717) is 24.5 Å². The number of hydrogen-bond acceptors (Lipinski definition) is 4. The Labute approximate surface area is 93.6 Å². The second kappa shape index (κ2) is 4.13. The van der Waals surface area contributed by atoms with Crippen LogP contribution in [0.4, 0.5) is 5.69 Å². The Morgan fingerprint density at radius 1 is 1.75 bits per heavy atom. The minimum atomic E-state index is -0.144. The van der Waals surface area contributed by atoms with Gasteiger partial charge >= 0.3 is 0 Å². The van der Waals surface area contributed by atoms with Crippen molar-refractivity contribution in [1.29, 1.82) is 0 Å². The van der Waals surface area contributed by atoms with Crippen molar-refractivity contribution in [3.8, 4) is 0 Å². The molecule has 1 fully saturated rings. The summed E-state index contributed by atoms with van der Waals surface area (Å²) >= 11 is 0. The van der Waals surface area contributed by atoms with Gasteiger partial charge in [-0.25, -0.2) is 0 Å². The van der Waals surface area contributed by atoms with Gasteiger partial charge in [-0.2, -0.15) is 5.10 Å². The standard InChI is InChI=1S/C10H16N4O2/c1-13-5-8(11)9(12-13)10(16)14-3-2-7(4-14)6-15/h5,7,15H,2-4,6,11H2,1H3. The number of nitrogens with zero attached hydrogens (tertiary/aromatic N) is 3. The molecule has 1 unspecified atom stereocenters. The van der Waals surface area contributed by atoms with E-state index in [1.54, 1.807) is 18.1 Å². The van der Waals surface area contributed by atoms with Gasteiger partial charge in [-0.1, -0.05) is 0 Å². The molecule has 0 radical (unpaired) electrons. The van der Waals surface area contributed by atoms with Crippen molar-refractivity contribution in [1.82, 2.24) is 14.7 Å². The molecule has 6 nitrogen and oxygen atoms in total. The highest BCUT2D eigenvalue weighted by atomic mass is 16.3. The normalized spacial score (nSPS) is 20.4. The van der Waals surface area contributed by atoms with Gasteiger partial charge in [0.1, 0.15) is 0 Å². The highest BCUT2D eigenvalue weighted by Gasteiger charge is 2.28. The molecule has 0 bridgehead atoms. The molecule has 1 amide bonds. The number of nitrogen functional groups attached to an aromatic ring is 1. The van der Waals surface area contributed by atoms with Crippen LogP contribution in [0.3, 0.4) is 0 Å². The molecule has 1 atom stereocenters. The number of aliphatic hydroxyl groups excluding tert-OH is 1. The summed E-state index contributed by atoms with van der Waals surface area (Å²) in [5.41, 5.74) is 6.41. The van der Waals surface area contributed by atoms with Crippen molar-refractivity contribution in [3.63, 3.8) is 0 Å². The fourth-order valence-electron chi connectivity index (χ4n) is 1.99. The molecule has 1 aliphatic heterocycles. The van der Waals surface area contributed by atoms with E-state index in [9.17, 15) is 4.79 Å². The Hall–Kier alpha value is -1.56. The Kier molecular flexibility index (Phi) is 2.82. The summed E-state index contributed by atoms with van der Waals surface area (Å²) in [6, 6.07) is 0. The van der Waals surface area contributed by atoms with Crippen LogP contribution >= 0.6 is 0 Å². The molecule has 2 rings (SSSR count). The predicted molar refractivity (Wildman–Crippen MR) is 58.7 cm³/mol. The fraction of sp³-hybridized carbons (Fsp3) is 0.600. The first-order valence-corrected chi connectivity index (χ1v) is 5.31. The topological polar surface area (TPSA) is 84.4 Å². The van der Waals surface area contributed by atoms with E-state index in [0.717, 1.165) is 6.42 Å². The first-order valence-electron chi connectivity index (χ1n) is 5.31. The van der Waals surface area contributed by atoms with E-state index in [-0.39, 0.29) is 18.4 Å². The Morgan fingerprint density at radius 2 is 2.50 bits per heavy atom. The van der Waals surface area contributed by atoms with E-state index in [4.69, 9.17) is 10.8 Å². The van der Waals surface area contributed by atoms with Crippen LogP contribution < -0.4 is 5.73 Å². The fourth-order valence-corrected chi connectivity index (χ4v) is 1.99. The molecule has 6 heteroatoms. The maximum absolute atomic E-state index is 12.0. The number of aryl methyl sites for hydroxylation is 1. The highest BCUT2D eigenvalue weighted by molar-refractivity contribution is 5.97. The minimum absolute atomic E-state index is 0.126. The number of likely N-dealkylation sites (tertiary alicyclic amines) is 1. The number of aromatic nitrogens is 2. The van der Waals surface area contributed by atoms with Gasteiger partial charge in [0.2, 0.25) is 0 Å². The summed E-state index contributed by atoms with van der Waals surface area (Å²) in [5.74, 6) is 0.0444. The first-order chi connectivity index (χ1) is 7.61. The SMILES string of the molecule is Cn1cc(N)c(C(=O)N2CCC(CO)C2)n1. The van der Waals surface area contributed by atoms with Crippen LogP contribution in [0, 0.1) is 5.92 Å². The molecule has 0 saturated carbocycles. The van der Waals surface area contributed by atoms with Crippen LogP contribution in [0.15, 0.2) is 6.20 Å². The third-order valence-corrected chi connectivity index (χ3v) is 2.89. The van der Waals surface area contributed by atoms with Crippen LogP contribution in [0.5, 0.6) is 0 Å². The number of hydrogen-bond donors (Lipinski definition) is 2. The maximum Gasteiger partial charge on any atom is 0.276 e. The van der Waals surface area contributed by atoms with Gasteiger partial charge in [0.15, 0.2) is 5.69 Å². The van der Waals surface area contributed by atoms with Gasteiger partial charge in [0, 0.05) is 38.9 Å². The lowest BCUT2D eigenvalue weighted by Gasteiger charge is -2.14. The highest BCUT2D eigenvalue weighted by Crippen LogP contribution is 2.19.